The van der Waals surface area contributed by atoms with Gasteiger partial charge in [0, 0.05) is 11.1 Å². The van der Waals surface area contributed by atoms with E-state index in [-0.39, 0.29) is 9.88 Å². The summed E-state index contributed by atoms with van der Waals surface area (Å²) in [5.41, 5.74) is 3.40. The van der Waals surface area contributed by atoms with Crippen molar-refractivity contribution in [3.8, 4) is 17.2 Å². The summed E-state index contributed by atoms with van der Waals surface area (Å²) in [6.07, 6.45) is 0. The molecule has 0 unspecified atom stereocenters. The van der Waals surface area contributed by atoms with Gasteiger partial charge < -0.3 is 24.5 Å². The number of hydrogen-bond donors (Lipinski definition) is 3. The monoisotopic (exact) mass is 452 g/mol. The van der Waals surface area contributed by atoms with Gasteiger partial charge in [0.2, 0.25) is 0 Å². The standard InChI is InChI=1S/C18H17ClN4O4S2/c1-25-13-5-4-9(19)6-12(13)20-17(28)22-23-16(24)10-7-14(26-2)15(27-3)8-11(10)21-18(23)29/h4-8H,1-3H3,(H,21,29)(H2,20,22,28). The number of hydrogen-bond acceptors (Lipinski definition) is 6. The summed E-state index contributed by atoms with van der Waals surface area (Å²) in [7, 11) is 4.52. The van der Waals surface area contributed by atoms with E-state index in [1.54, 1.807) is 30.3 Å². The second-order valence-electron chi connectivity index (χ2n) is 5.73. The highest BCUT2D eigenvalue weighted by Gasteiger charge is 2.13. The number of methoxy groups -OCH3 is 3. The molecule has 152 valence electrons. The van der Waals surface area contributed by atoms with Crippen LogP contribution in [0.25, 0.3) is 10.9 Å². The quantitative estimate of drug-likeness (QED) is 0.505. The van der Waals surface area contributed by atoms with Crippen molar-refractivity contribution >= 4 is 57.7 Å². The molecule has 0 aliphatic carbocycles. The maximum Gasteiger partial charge on any atom is 0.281 e. The minimum absolute atomic E-state index is 0.118. The number of rotatable bonds is 5. The average molecular weight is 453 g/mol. The minimum atomic E-state index is -0.410. The van der Waals surface area contributed by atoms with Crippen LogP contribution in [0.4, 0.5) is 5.69 Å². The summed E-state index contributed by atoms with van der Waals surface area (Å²) >= 11 is 16.6. The van der Waals surface area contributed by atoms with E-state index in [2.05, 4.69) is 15.7 Å². The van der Waals surface area contributed by atoms with Gasteiger partial charge in [-0.1, -0.05) is 11.6 Å². The molecule has 1 aromatic heterocycles. The molecule has 3 N–H and O–H groups in total. The lowest BCUT2D eigenvalue weighted by molar-refractivity contribution is 0.355. The zero-order chi connectivity index (χ0) is 21.1. The normalized spacial score (nSPS) is 10.5. The number of benzene rings is 2. The summed E-state index contributed by atoms with van der Waals surface area (Å²) < 4.78 is 17.0. The van der Waals surface area contributed by atoms with Crippen molar-refractivity contribution in [1.82, 2.24) is 9.66 Å². The van der Waals surface area contributed by atoms with Crippen molar-refractivity contribution in [3.05, 3.63) is 50.5 Å². The van der Waals surface area contributed by atoms with Crippen LogP contribution in [0.15, 0.2) is 35.1 Å². The number of nitrogens with one attached hydrogen (secondary N) is 3. The van der Waals surface area contributed by atoms with Gasteiger partial charge >= 0.3 is 0 Å². The second kappa shape index (κ2) is 8.68. The first-order chi connectivity index (χ1) is 13.9. The Bertz CT molecular complexity index is 1210. The Balaban J connectivity index is 1.98. The molecule has 0 atom stereocenters. The Kier molecular flexibility index (Phi) is 6.26. The molecule has 11 heteroatoms. The Hall–Kier alpha value is -2.82. The van der Waals surface area contributed by atoms with E-state index in [1.165, 1.54) is 21.3 Å². The number of fused-ring (bicyclic) bond motifs is 1. The van der Waals surface area contributed by atoms with E-state index in [1.807, 2.05) is 0 Å². The molecule has 0 saturated heterocycles. The number of ether oxygens (including phenoxy) is 3. The van der Waals surface area contributed by atoms with E-state index in [9.17, 15) is 4.79 Å². The molecule has 0 radical (unpaired) electrons. The summed E-state index contributed by atoms with van der Waals surface area (Å²) in [6, 6.07) is 8.24. The van der Waals surface area contributed by atoms with Gasteiger partial charge in [-0.25, -0.2) is 0 Å². The molecule has 0 saturated carbocycles. The predicted molar refractivity (Wildman–Crippen MR) is 120 cm³/mol. The first-order valence-corrected chi connectivity index (χ1v) is 9.40. The summed E-state index contributed by atoms with van der Waals surface area (Å²) in [6.45, 7) is 0. The lowest BCUT2D eigenvalue weighted by Crippen LogP contribution is -2.36. The number of halogens is 1. The number of aromatic amines is 1. The minimum Gasteiger partial charge on any atom is -0.495 e. The number of anilines is 1. The van der Waals surface area contributed by atoms with Crippen LogP contribution in [0.5, 0.6) is 17.2 Å². The lowest BCUT2D eigenvalue weighted by Gasteiger charge is -2.16. The van der Waals surface area contributed by atoms with Crippen LogP contribution in [0, 0.1) is 4.77 Å². The van der Waals surface area contributed by atoms with E-state index in [4.69, 9.17) is 50.2 Å². The fourth-order valence-electron chi connectivity index (χ4n) is 2.67. The highest BCUT2D eigenvalue weighted by Crippen LogP contribution is 2.30. The van der Waals surface area contributed by atoms with Gasteiger partial charge in [0.25, 0.3) is 5.56 Å². The van der Waals surface area contributed by atoms with E-state index >= 15 is 0 Å². The molecular formula is C18H17ClN4O4S2. The molecule has 8 nitrogen and oxygen atoms in total. The van der Waals surface area contributed by atoms with Crippen molar-refractivity contribution in [2.75, 3.05) is 32.1 Å². The van der Waals surface area contributed by atoms with Crippen LogP contribution in [-0.4, -0.2) is 36.1 Å². The third-order valence-electron chi connectivity index (χ3n) is 4.02. The molecule has 2 aromatic carbocycles. The molecule has 3 aromatic rings. The van der Waals surface area contributed by atoms with Crippen LogP contribution in [0.1, 0.15) is 0 Å². The third kappa shape index (κ3) is 4.29. The van der Waals surface area contributed by atoms with Crippen LogP contribution >= 0.6 is 36.0 Å². The molecule has 29 heavy (non-hydrogen) atoms. The van der Waals surface area contributed by atoms with Crippen molar-refractivity contribution < 1.29 is 14.2 Å². The largest absolute Gasteiger partial charge is 0.495 e. The van der Waals surface area contributed by atoms with E-state index < -0.39 is 5.56 Å². The maximum absolute atomic E-state index is 13.0. The Morgan fingerprint density at radius 3 is 2.38 bits per heavy atom. The second-order valence-corrected chi connectivity index (χ2v) is 6.97. The number of nitrogens with zero attached hydrogens (tertiary/aromatic N) is 1. The van der Waals surface area contributed by atoms with Crippen LogP contribution < -0.4 is 30.5 Å². The molecule has 0 fully saturated rings. The van der Waals surface area contributed by atoms with Gasteiger partial charge in [-0.2, -0.15) is 4.68 Å². The lowest BCUT2D eigenvalue weighted by atomic mass is 10.2. The first-order valence-electron chi connectivity index (χ1n) is 8.20. The molecule has 0 amide bonds. The average Bonchev–Trinajstić information content (AvgIpc) is 2.70. The molecule has 1 heterocycles. The Morgan fingerprint density at radius 1 is 1.07 bits per heavy atom. The van der Waals surface area contributed by atoms with Gasteiger partial charge in [-0.05, 0) is 48.7 Å². The van der Waals surface area contributed by atoms with Crippen LogP contribution in [0.2, 0.25) is 5.02 Å². The van der Waals surface area contributed by atoms with Crippen LogP contribution in [-0.2, 0) is 0 Å². The fraction of sp³-hybridized carbons (Fsp3) is 0.167. The maximum atomic E-state index is 13.0. The topological polar surface area (TPSA) is 89.5 Å². The molecule has 3 rings (SSSR count). The van der Waals surface area contributed by atoms with Crippen molar-refractivity contribution in [2.45, 2.75) is 0 Å². The van der Waals surface area contributed by atoms with Gasteiger partial charge in [-0.3, -0.25) is 10.2 Å². The zero-order valence-corrected chi connectivity index (χ0v) is 18.1. The number of thiocarbonyl (C=S) groups is 1. The van der Waals surface area contributed by atoms with Crippen molar-refractivity contribution in [1.29, 1.82) is 0 Å². The fourth-order valence-corrected chi connectivity index (χ4v) is 3.29. The SMILES string of the molecule is COc1ccc(Cl)cc1NC(=S)Nn1c(=S)[nH]c2cc(OC)c(OC)cc2c1=O. The van der Waals surface area contributed by atoms with Gasteiger partial charge in [0.15, 0.2) is 21.4 Å². The molecular weight excluding hydrogens is 436 g/mol. The molecule has 0 aliphatic rings. The summed E-state index contributed by atoms with van der Waals surface area (Å²) in [5, 5.41) is 3.90. The highest BCUT2D eigenvalue weighted by molar-refractivity contribution is 7.80. The summed E-state index contributed by atoms with van der Waals surface area (Å²) in [4.78, 5) is 15.9. The Morgan fingerprint density at radius 2 is 1.72 bits per heavy atom. The zero-order valence-electron chi connectivity index (χ0n) is 15.7. The Labute approximate surface area is 181 Å². The number of aromatic nitrogens is 2. The molecule has 0 spiro atoms. The van der Waals surface area contributed by atoms with E-state index in [0.717, 1.165) is 4.68 Å². The highest BCUT2D eigenvalue weighted by atomic mass is 35.5. The predicted octanol–water partition coefficient (Wildman–Crippen LogP) is 3.68. The molecule has 0 aliphatic heterocycles. The van der Waals surface area contributed by atoms with Gasteiger partial charge in [0.1, 0.15) is 5.75 Å². The van der Waals surface area contributed by atoms with Crippen molar-refractivity contribution in [3.63, 3.8) is 0 Å². The smallest absolute Gasteiger partial charge is 0.281 e. The van der Waals surface area contributed by atoms with Gasteiger partial charge in [0.05, 0.1) is 37.9 Å². The van der Waals surface area contributed by atoms with Crippen molar-refractivity contribution in [2.24, 2.45) is 0 Å². The van der Waals surface area contributed by atoms with Crippen LogP contribution in [0.3, 0.4) is 0 Å². The third-order valence-corrected chi connectivity index (χ3v) is 4.74. The molecule has 0 bridgehead atoms. The number of H-pyrrole nitrogens is 1. The van der Waals surface area contributed by atoms with Gasteiger partial charge in [-0.15, -0.1) is 0 Å². The summed E-state index contributed by atoms with van der Waals surface area (Å²) in [5.74, 6) is 1.42. The first kappa shape index (κ1) is 20.9. The van der Waals surface area contributed by atoms with E-state index in [0.29, 0.717) is 38.9 Å².